The molecule has 1 amide bonds. The average Bonchev–Trinajstić information content (AvgIpc) is 2.27. The van der Waals surface area contributed by atoms with Gasteiger partial charge < -0.3 is 10.1 Å². The number of amides is 1. The number of pyridine rings is 1. The Morgan fingerprint density at radius 3 is 2.65 bits per heavy atom. The van der Waals surface area contributed by atoms with E-state index in [2.05, 4.69) is 15.0 Å². The first-order valence-electron chi connectivity index (χ1n) is 4.46. The van der Waals surface area contributed by atoms with Gasteiger partial charge in [0.05, 0.1) is 17.6 Å². The number of anilines is 1. The van der Waals surface area contributed by atoms with Crippen LogP contribution in [0.3, 0.4) is 0 Å². The molecule has 0 saturated carbocycles. The predicted octanol–water partition coefficient (Wildman–Crippen LogP) is 0.735. The Morgan fingerprint density at radius 1 is 1.53 bits per heavy atom. The molecule has 1 N–H and O–H groups in total. The zero-order valence-corrected chi connectivity index (χ0v) is 9.09. The third-order valence-electron chi connectivity index (χ3n) is 1.78. The highest BCUT2D eigenvalue weighted by atomic mass is 16.6. The molecule has 0 fully saturated rings. The third-order valence-corrected chi connectivity index (χ3v) is 1.78. The smallest absolute Gasteiger partial charge is 0.339 e. The molecule has 8 heteroatoms. The minimum absolute atomic E-state index is 0.0618. The van der Waals surface area contributed by atoms with E-state index >= 15 is 0 Å². The van der Waals surface area contributed by atoms with Crippen molar-refractivity contribution in [1.82, 2.24) is 4.98 Å². The molecule has 0 aliphatic heterocycles. The molecule has 0 bridgehead atoms. The van der Waals surface area contributed by atoms with Crippen LogP contribution in [0.25, 0.3) is 0 Å². The van der Waals surface area contributed by atoms with Gasteiger partial charge in [0.25, 0.3) is 0 Å². The van der Waals surface area contributed by atoms with Crippen LogP contribution in [0.4, 0.5) is 11.5 Å². The number of esters is 1. The number of aromatic nitrogens is 1. The van der Waals surface area contributed by atoms with Crippen LogP contribution in [0.5, 0.6) is 0 Å². The van der Waals surface area contributed by atoms with Gasteiger partial charge in [-0.1, -0.05) is 0 Å². The second kappa shape index (κ2) is 5.01. The Hall–Kier alpha value is -2.51. The molecule has 1 aromatic heterocycles. The molecule has 1 heterocycles. The number of methoxy groups -OCH3 is 1. The SMILES string of the molecule is COC(=O)c1cnc(NC(C)=O)c([N+](=O)[O-])c1. The second-order valence-electron chi connectivity index (χ2n) is 3.02. The molecule has 1 aromatic rings. The molecule has 1 rings (SSSR count). The zero-order valence-electron chi connectivity index (χ0n) is 9.09. The van der Waals surface area contributed by atoms with E-state index in [4.69, 9.17) is 0 Å². The minimum Gasteiger partial charge on any atom is -0.465 e. The van der Waals surface area contributed by atoms with Crippen molar-refractivity contribution in [3.63, 3.8) is 0 Å². The minimum atomic E-state index is -0.745. The Labute approximate surface area is 95.8 Å². The van der Waals surface area contributed by atoms with Crippen LogP contribution in [0.1, 0.15) is 17.3 Å². The average molecular weight is 239 g/mol. The van der Waals surface area contributed by atoms with Crippen molar-refractivity contribution in [2.45, 2.75) is 6.92 Å². The number of carbonyl (C=O) groups excluding carboxylic acids is 2. The first-order chi connectivity index (χ1) is 7.95. The molecule has 0 atom stereocenters. The second-order valence-corrected chi connectivity index (χ2v) is 3.02. The van der Waals surface area contributed by atoms with Gasteiger partial charge in [-0.2, -0.15) is 0 Å². The lowest BCUT2D eigenvalue weighted by Gasteiger charge is -2.04. The Bertz CT molecular complexity index is 486. The fourth-order valence-electron chi connectivity index (χ4n) is 1.08. The van der Waals surface area contributed by atoms with Gasteiger partial charge in [-0.25, -0.2) is 9.78 Å². The van der Waals surface area contributed by atoms with Crippen LogP contribution in [-0.2, 0) is 9.53 Å². The summed E-state index contributed by atoms with van der Waals surface area (Å²) in [5.74, 6) is -1.45. The maximum atomic E-state index is 11.1. The number of carbonyl (C=O) groups is 2. The summed E-state index contributed by atoms with van der Waals surface area (Å²) in [6, 6.07) is 0.990. The monoisotopic (exact) mass is 239 g/mol. The van der Waals surface area contributed by atoms with Gasteiger partial charge in [-0.05, 0) is 0 Å². The summed E-state index contributed by atoms with van der Waals surface area (Å²) in [6.07, 6.45) is 1.09. The highest BCUT2D eigenvalue weighted by Gasteiger charge is 2.20. The van der Waals surface area contributed by atoms with Gasteiger partial charge in [0.1, 0.15) is 0 Å². The third kappa shape index (κ3) is 2.97. The van der Waals surface area contributed by atoms with Gasteiger partial charge in [-0.3, -0.25) is 14.9 Å². The number of hydrogen-bond donors (Lipinski definition) is 1. The number of nitrogens with one attached hydrogen (secondary N) is 1. The first-order valence-corrected chi connectivity index (χ1v) is 4.46. The van der Waals surface area contributed by atoms with Gasteiger partial charge >= 0.3 is 11.7 Å². The van der Waals surface area contributed by atoms with E-state index in [9.17, 15) is 19.7 Å². The number of hydrogen-bond acceptors (Lipinski definition) is 6. The molecule has 90 valence electrons. The fourth-order valence-corrected chi connectivity index (χ4v) is 1.08. The molecular weight excluding hydrogens is 230 g/mol. The molecule has 0 aliphatic carbocycles. The Kier molecular flexibility index (Phi) is 3.70. The van der Waals surface area contributed by atoms with E-state index in [1.54, 1.807) is 0 Å². The molecule has 0 radical (unpaired) electrons. The molecule has 8 nitrogen and oxygen atoms in total. The number of ether oxygens (including phenoxy) is 1. The van der Waals surface area contributed by atoms with Crippen molar-refractivity contribution >= 4 is 23.4 Å². The molecule has 0 unspecified atom stereocenters. The normalized spacial score (nSPS) is 9.53. The van der Waals surface area contributed by atoms with Gasteiger partial charge in [0.2, 0.25) is 11.7 Å². The van der Waals surface area contributed by atoms with Crippen molar-refractivity contribution in [2.24, 2.45) is 0 Å². The number of rotatable bonds is 3. The van der Waals surface area contributed by atoms with Crippen LogP contribution in [0, 0.1) is 10.1 Å². The molecule has 0 saturated heterocycles. The summed E-state index contributed by atoms with van der Waals surface area (Å²) in [5, 5.41) is 12.9. The van der Waals surface area contributed by atoms with E-state index in [-0.39, 0.29) is 11.4 Å². The van der Waals surface area contributed by atoms with Crippen LogP contribution >= 0.6 is 0 Å². The van der Waals surface area contributed by atoms with Crippen LogP contribution in [0.15, 0.2) is 12.3 Å². The number of nitrogens with zero attached hydrogens (tertiary/aromatic N) is 2. The molecule has 17 heavy (non-hydrogen) atoms. The lowest BCUT2D eigenvalue weighted by molar-refractivity contribution is -0.384. The van der Waals surface area contributed by atoms with E-state index < -0.39 is 22.5 Å². The fraction of sp³-hybridized carbons (Fsp3) is 0.222. The Morgan fingerprint density at radius 2 is 2.18 bits per heavy atom. The van der Waals surface area contributed by atoms with Crippen molar-refractivity contribution in [1.29, 1.82) is 0 Å². The highest BCUT2D eigenvalue weighted by Crippen LogP contribution is 2.22. The summed E-state index contributed by atoms with van der Waals surface area (Å²) in [4.78, 5) is 35.6. The standard InChI is InChI=1S/C9H9N3O5/c1-5(13)11-8-7(12(15)16)3-6(4-10-8)9(14)17-2/h3-4H,1-2H3,(H,10,11,13). The summed E-state index contributed by atoms with van der Waals surface area (Å²) in [5.41, 5.74) is -0.531. The zero-order chi connectivity index (χ0) is 13.0. The summed E-state index contributed by atoms with van der Waals surface area (Å²) < 4.78 is 4.40. The van der Waals surface area contributed by atoms with E-state index in [0.717, 1.165) is 19.4 Å². The summed E-state index contributed by atoms with van der Waals surface area (Å²) >= 11 is 0. The molecular formula is C9H9N3O5. The summed E-state index contributed by atoms with van der Waals surface area (Å²) in [7, 11) is 1.15. The van der Waals surface area contributed by atoms with Gasteiger partial charge in [0.15, 0.2) is 0 Å². The van der Waals surface area contributed by atoms with Crippen LogP contribution < -0.4 is 5.32 Å². The van der Waals surface area contributed by atoms with Gasteiger partial charge in [0, 0.05) is 19.2 Å². The Balaban J connectivity index is 3.21. The van der Waals surface area contributed by atoms with Crippen molar-refractivity contribution in [2.75, 3.05) is 12.4 Å². The van der Waals surface area contributed by atoms with Gasteiger partial charge in [-0.15, -0.1) is 0 Å². The molecule has 0 spiro atoms. The van der Waals surface area contributed by atoms with Crippen molar-refractivity contribution < 1.29 is 19.2 Å². The summed E-state index contributed by atoms with van der Waals surface area (Å²) in [6.45, 7) is 1.19. The maximum Gasteiger partial charge on any atom is 0.339 e. The van der Waals surface area contributed by atoms with Crippen LogP contribution in [-0.4, -0.2) is 28.9 Å². The largest absolute Gasteiger partial charge is 0.465 e. The van der Waals surface area contributed by atoms with Crippen molar-refractivity contribution in [3.05, 3.63) is 27.9 Å². The lowest BCUT2D eigenvalue weighted by Crippen LogP contribution is -2.11. The van der Waals surface area contributed by atoms with Crippen molar-refractivity contribution in [3.8, 4) is 0 Å². The first kappa shape index (κ1) is 12.6. The van der Waals surface area contributed by atoms with Crippen LogP contribution in [0.2, 0.25) is 0 Å². The quantitative estimate of drug-likeness (QED) is 0.473. The maximum absolute atomic E-state index is 11.1. The molecule has 0 aliphatic rings. The molecule has 0 aromatic carbocycles. The van der Waals surface area contributed by atoms with E-state index in [1.807, 2.05) is 0 Å². The predicted molar refractivity (Wildman–Crippen MR) is 56.5 cm³/mol. The number of nitro groups is 1. The highest BCUT2D eigenvalue weighted by molar-refractivity contribution is 5.93. The van der Waals surface area contributed by atoms with E-state index in [1.165, 1.54) is 6.92 Å². The lowest BCUT2D eigenvalue weighted by atomic mass is 10.2. The van der Waals surface area contributed by atoms with E-state index in [0.29, 0.717) is 0 Å². The topological polar surface area (TPSA) is 111 Å².